The highest BCUT2D eigenvalue weighted by Gasteiger charge is 2.26. The van der Waals surface area contributed by atoms with E-state index in [0.29, 0.717) is 36.9 Å². The third-order valence-corrected chi connectivity index (χ3v) is 6.26. The van der Waals surface area contributed by atoms with Gasteiger partial charge in [0.05, 0.1) is 10.6 Å². The lowest BCUT2D eigenvalue weighted by molar-refractivity contribution is -0.387. The van der Waals surface area contributed by atoms with Crippen LogP contribution in [0.4, 0.5) is 20.6 Å². The van der Waals surface area contributed by atoms with Crippen molar-refractivity contribution in [2.75, 3.05) is 31.1 Å². The molecule has 1 saturated heterocycles. The summed E-state index contributed by atoms with van der Waals surface area (Å²) in [7, 11) is 0. The fourth-order valence-electron chi connectivity index (χ4n) is 3.68. The minimum absolute atomic E-state index is 0.108. The van der Waals surface area contributed by atoms with Gasteiger partial charge >= 0.3 is 11.8 Å². The molecule has 3 aromatic rings. The SMILES string of the molecule is CC(C)(C)OC(=O)N1CCN(c2ccc(-c3nc(-c4cccc([N+](=O)[O-])c4F)cs3)cc2)CC1. The number of nitrogens with zero attached hydrogens (tertiary/aromatic N) is 4. The Morgan fingerprint density at radius 2 is 1.79 bits per heavy atom. The van der Waals surface area contributed by atoms with Gasteiger partial charge in [-0.2, -0.15) is 4.39 Å². The first-order valence-corrected chi connectivity index (χ1v) is 11.7. The van der Waals surface area contributed by atoms with E-state index >= 15 is 0 Å². The molecule has 2 aromatic carbocycles. The second kappa shape index (κ2) is 9.38. The zero-order valence-electron chi connectivity index (χ0n) is 19.2. The summed E-state index contributed by atoms with van der Waals surface area (Å²) in [5, 5.41) is 13.4. The van der Waals surface area contributed by atoms with Crippen LogP contribution in [-0.4, -0.2) is 52.7 Å². The Labute approximate surface area is 200 Å². The van der Waals surface area contributed by atoms with Crippen molar-refractivity contribution in [2.45, 2.75) is 26.4 Å². The van der Waals surface area contributed by atoms with Gasteiger partial charge in [-0.05, 0) is 51.1 Å². The summed E-state index contributed by atoms with van der Waals surface area (Å²) in [6, 6.07) is 12.0. The number of hydrogen-bond donors (Lipinski definition) is 0. The fraction of sp³-hybridized carbons (Fsp3) is 0.333. The number of hydrogen-bond acceptors (Lipinski definition) is 7. The molecule has 0 atom stereocenters. The van der Waals surface area contributed by atoms with E-state index in [9.17, 15) is 19.3 Å². The van der Waals surface area contributed by atoms with Gasteiger partial charge in [-0.3, -0.25) is 10.1 Å². The number of nitro benzene ring substituents is 1. The summed E-state index contributed by atoms with van der Waals surface area (Å²) < 4.78 is 20.0. The van der Waals surface area contributed by atoms with Crippen LogP contribution in [0.25, 0.3) is 21.8 Å². The zero-order chi connectivity index (χ0) is 24.5. The van der Waals surface area contributed by atoms with Gasteiger partial charge in [0.25, 0.3) is 0 Å². The molecule has 0 saturated carbocycles. The molecule has 4 rings (SSSR count). The van der Waals surface area contributed by atoms with Crippen molar-refractivity contribution in [3.05, 3.63) is 63.8 Å². The molecule has 0 N–H and O–H groups in total. The third-order valence-electron chi connectivity index (χ3n) is 5.37. The average molecular weight is 485 g/mol. The Balaban J connectivity index is 1.43. The lowest BCUT2D eigenvalue weighted by atomic mass is 10.1. The van der Waals surface area contributed by atoms with Crippen molar-refractivity contribution in [1.82, 2.24) is 9.88 Å². The molecule has 178 valence electrons. The lowest BCUT2D eigenvalue weighted by Crippen LogP contribution is -2.50. The van der Waals surface area contributed by atoms with Crippen molar-refractivity contribution in [3.63, 3.8) is 0 Å². The van der Waals surface area contributed by atoms with Crippen molar-refractivity contribution in [1.29, 1.82) is 0 Å². The molecule has 1 fully saturated rings. The van der Waals surface area contributed by atoms with Crippen LogP contribution in [0.3, 0.4) is 0 Å². The molecule has 0 unspecified atom stereocenters. The van der Waals surface area contributed by atoms with E-state index in [1.165, 1.54) is 23.5 Å². The van der Waals surface area contributed by atoms with Gasteiger partial charge in [0.15, 0.2) is 0 Å². The molecule has 8 nitrogen and oxygen atoms in total. The number of aromatic nitrogens is 1. The number of halogens is 1. The Kier molecular flexibility index (Phi) is 6.52. The van der Waals surface area contributed by atoms with Gasteiger partial charge in [-0.1, -0.05) is 6.07 Å². The highest BCUT2D eigenvalue weighted by atomic mass is 32.1. The highest BCUT2D eigenvalue weighted by molar-refractivity contribution is 7.13. The van der Waals surface area contributed by atoms with Crippen LogP contribution in [0, 0.1) is 15.9 Å². The number of rotatable bonds is 4. The maximum Gasteiger partial charge on any atom is 0.410 e. The number of ether oxygens (including phenoxy) is 1. The number of thiazole rings is 1. The first kappa shape index (κ1) is 23.6. The zero-order valence-corrected chi connectivity index (χ0v) is 20.0. The topological polar surface area (TPSA) is 88.8 Å². The van der Waals surface area contributed by atoms with E-state index < -0.39 is 22.0 Å². The largest absolute Gasteiger partial charge is 0.444 e. The van der Waals surface area contributed by atoms with E-state index in [2.05, 4.69) is 9.88 Å². The van der Waals surface area contributed by atoms with Crippen molar-refractivity contribution in [2.24, 2.45) is 0 Å². The Hall–Kier alpha value is -3.53. The normalized spacial score (nSPS) is 14.2. The van der Waals surface area contributed by atoms with Crippen LogP contribution < -0.4 is 4.90 Å². The van der Waals surface area contributed by atoms with Crippen molar-refractivity contribution in [3.8, 4) is 21.8 Å². The van der Waals surface area contributed by atoms with Crippen molar-refractivity contribution >= 4 is 28.8 Å². The summed E-state index contributed by atoms with van der Waals surface area (Å²) in [5.41, 5.74) is 1.30. The van der Waals surface area contributed by atoms with Crippen LogP contribution in [0.2, 0.25) is 0 Å². The number of amides is 1. The Morgan fingerprint density at radius 1 is 1.12 bits per heavy atom. The van der Waals surface area contributed by atoms with Gasteiger partial charge < -0.3 is 14.5 Å². The second-order valence-corrected chi connectivity index (χ2v) is 9.79. The molecule has 2 heterocycles. The molecule has 1 amide bonds. The minimum Gasteiger partial charge on any atom is -0.444 e. The van der Waals surface area contributed by atoms with E-state index in [-0.39, 0.29) is 11.7 Å². The molecule has 0 spiro atoms. The van der Waals surface area contributed by atoms with E-state index in [4.69, 9.17) is 4.74 Å². The summed E-state index contributed by atoms with van der Waals surface area (Å²) in [6.07, 6.45) is -0.290. The smallest absolute Gasteiger partial charge is 0.410 e. The van der Waals surface area contributed by atoms with E-state index in [1.54, 1.807) is 10.3 Å². The maximum absolute atomic E-state index is 14.5. The molecule has 1 aliphatic rings. The van der Waals surface area contributed by atoms with Crippen molar-refractivity contribution < 1.29 is 18.8 Å². The molecule has 0 radical (unpaired) electrons. The predicted octanol–water partition coefficient (Wildman–Crippen LogP) is 5.58. The van der Waals surface area contributed by atoms with Gasteiger partial charge in [0.2, 0.25) is 5.82 Å². The predicted molar refractivity (Wildman–Crippen MR) is 130 cm³/mol. The number of nitro groups is 1. The Bertz CT molecular complexity index is 1200. The van der Waals surface area contributed by atoms with Crippen LogP contribution in [0.15, 0.2) is 47.8 Å². The molecule has 0 bridgehead atoms. The number of carbonyl (C=O) groups excluding carboxylic acids is 1. The van der Waals surface area contributed by atoms with E-state index in [1.807, 2.05) is 45.0 Å². The molecule has 34 heavy (non-hydrogen) atoms. The lowest BCUT2D eigenvalue weighted by Gasteiger charge is -2.36. The summed E-state index contributed by atoms with van der Waals surface area (Å²) >= 11 is 1.35. The number of anilines is 1. The first-order valence-electron chi connectivity index (χ1n) is 10.8. The molecule has 10 heteroatoms. The van der Waals surface area contributed by atoms with Crippen LogP contribution in [0.5, 0.6) is 0 Å². The van der Waals surface area contributed by atoms with Crippen LogP contribution in [-0.2, 0) is 4.74 Å². The summed E-state index contributed by atoms with van der Waals surface area (Å²) in [4.78, 5) is 31.0. The van der Waals surface area contributed by atoms with Gasteiger partial charge in [0, 0.05) is 54.4 Å². The van der Waals surface area contributed by atoms with E-state index in [0.717, 1.165) is 17.3 Å². The highest BCUT2D eigenvalue weighted by Crippen LogP contribution is 2.33. The monoisotopic (exact) mass is 484 g/mol. The fourth-order valence-corrected chi connectivity index (χ4v) is 4.50. The molecule has 1 aliphatic heterocycles. The standard InChI is InChI=1S/C24H25FN4O4S/c1-24(2,3)33-23(30)28-13-11-27(12-14-28)17-9-7-16(8-10-17)22-26-19(15-34-22)18-5-4-6-20(21(18)25)29(31)32/h4-10,15H,11-14H2,1-3H3. The number of carbonyl (C=O) groups is 1. The first-order chi connectivity index (χ1) is 16.1. The van der Waals surface area contributed by atoms with Crippen LogP contribution in [0.1, 0.15) is 20.8 Å². The van der Waals surface area contributed by atoms with Gasteiger partial charge in [-0.25, -0.2) is 9.78 Å². The molecular weight excluding hydrogens is 459 g/mol. The third kappa shape index (κ3) is 5.17. The quantitative estimate of drug-likeness (QED) is 0.355. The summed E-state index contributed by atoms with van der Waals surface area (Å²) in [6.45, 7) is 8.14. The molecule has 0 aliphatic carbocycles. The molecule has 1 aromatic heterocycles. The maximum atomic E-state index is 14.5. The van der Waals surface area contributed by atoms with Crippen LogP contribution >= 0.6 is 11.3 Å². The average Bonchev–Trinajstić information content (AvgIpc) is 3.28. The number of benzene rings is 2. The number of piperazine rings is 1. The minimum atomic E-state index is -0.884. The van der Waals surface area contributed by atoms with Gasteiger partial charge in [-0.15, -0.1) is 11.3 Å². The second-order valence-electron chi connectivity index (χ2n) is 8.94. The van der Waals surface area contributed by atoms with Gasteiger partial charge in [0.1, 0.15) is 10.6 Å². The molecular formula is C24H25FN4O4S. The Morgan fingerprint density at radius 3 is 2.41 bits per heavy atom. The summed E-state index contributed by atoms with van der Waals surface area (Å²) in [5.74, 6) is -0.884.